The van der Waals surface area contributed by atoms with E-state index in [0.717, 1.165) is 35.9 Å². The molecular weight excluding hydrogens is 280 g/mol. The SMILES string of the molecule is CCCNC1=CC=C2NC=C(c3ccc(C(=O)O)cc3)N2N1. The van der Waals surface area contributed by atoms with Gasteiger partial charge in [-0.1, -0.05) is 19.1 Å². The van der Waals surface area contributed by atoms with Gasteiger partial charge in [0.2, 0.25) is 0 Å². The highest BCUT2D eigenvalue weighted by Gasteiger charge is 2.24. The number of benzene rings is 1. The minimum atomic E-state index is -0.921. The molecule has 0 unspecified atom stereocenters. The van der Waals surface area contributed by atoms with Crippen LogP contribution in [0.5, 0.6) is 0 Å². The quantitative estimate of drug-likeness (QED) is 0.664. The summed E-state index contributed by atoms with van der Waals surface area (Å²) in [5.41, 5.74) is 5.46. The molecule has 0 atom stereocenters. The molecule has 0 amide bonds. The number of nitrogens with zero attached hydrogens (tertiary/aromatic N) is 1. The van der Waals surface area contributed by atoms with Crippen LogP contribution in [0.2, 0.25) is 0 Å². The number of carboxylic acids is 1. The zero-order valence-electron chi connectivity index (χ0n) is 12.3. The van der Waals surface area contributed by atoms with E-state index < -0.39 is 5.97 Å². The number of rotatable bonds is 5. The van der Waals surface area contributed by atoms with Gasteiger partial charge in [0.25, 0.3) is 0 Å². The van der Waals surface area contributed by atoms with Crippen molar-refractivity contribution in [3.63, 3.8) is 0 Å². The summed E-state index contributed by atoms with van der Waals surface area (Å²) in [4.78, 5) is 10.9. The molecule has 0 saturated heterocycles. The monoisotopic (exact) mass is 298 g/mol. The van der Waals surface area contributed by atoms with Crippen LogP contribution < -0.4 is 16.1 Å². The predicted molar refractivity (Wildman–Crippen MR) is 83.9 cm³/mol. The first-order chi connectivity index (χ1) is 10.7. The maximum absolute atomic E-state index is 10.9. The van der Waals surface area contributed by atoms with E-state index in [-0.39, 0.29) is 5.56 Å². The first-order valence-corrected chi connectivity index (χ1v) is 7.22. The molecule has 0 aliphatic carbocycles. The van der Waals surface area contributed by atoms with Crippen molar-refractivity contribution >= 4 is 11.7 Å². The van der Waals surface area contributed by atoms with Gasteiger partial charge in [0.1, 0.15) is 11.6 Å². The van der Waals surface area contributed by atoms with Crippen LogP contribution in [-0.2, 0) is 0 Å². The lowest BCUT2D eigenvalue weighted by Gasteiger charge is -2.29. The van der Waals surface area contributed by atoms with E-state index in [0.29, 0.717) is 0 Å². The van der Waals surface area contributed by atoms with Crippen LogP contribution in [0.15, 0.2) is 54.3 Å². The third-order valence-corrected chi connectivity index (χ3v) is 3.47. The molecule has 0 aromatic heterocycles. The van der Waals surface area contributed by atoms with Gasteiger partial charge in [-0.15, -0.1) is 0 Å². The molecule has 0 radical (unpaired) electrons. The van der Waals surface area contributed by atoms with Gasteiger partial charge in [0.05, 0.1) is 11.3 Å². The number of hydrogen-bond donors (Lipinski definition) is 4. The second-order valence-electron chi connectivity index (χ2n) is 5.06. The molecule has 4 N–H and O–H groups in total. The Balaban J connectivity index is 1.78. The summed E-state index contributed by atoms with van der Waals surface area (Å²) in [5, 5.41) is 17.4. The summed E-state index contributed by atoms with van der Waals surface area (Å²) in [7, 11) is 0. The molecule has 1 aromatic carbocycles. The standard InChI is InChI=1S/C16H18N4O2/c1-2-9-17-14-7-8-15-18-10-13(20(15)19-14)11-3-5-12(6-4-11)16(21)22/h3-8,10,17-19H,2,9H2,1H3,(H,21,22). The van der Waals surface area contributed by atoms with Gasteiger partial charge in [0.15, 0.2) is 0 Å². The van der Waals surface area contributed by atoms with Crippen molar-refractivity contribution in [3.05, 3.63) is 65.4 Å². The third kappa shape index (κ3) is 2.63. The van der Waals surface area contributed by atoms with Crippen LogP contribution in [0, 0.1) is 0 Å². The van der Waals surface area contributed by atoms with E-state index in [2.05, 4.69) is 23.0 Å². The van der Waals surface area contributed by atoms with E-state index in [1.807, 2.05) is 23.4 Å². The Hall–Kier alpha value is -2.89. The summed E-state index contributed by atoms with van der Waals surface area (Å²) in [6.45, 7) is 3.01. The number of aromatic carboxylic acids is 1. The van der Waals surface area contributed by atoms with Crippen molar-refractivity contribution in [1.29, 1.82) is 0 Å². The van der Waals surface area contributed by atoms with Gasteiger partial charge in [-0.25, -0.2) is 9.80 Å². The molecule has 2 aliphatic heterocycles. The largest absolute Gasteiger partial charge is 0.478 e. The van der Waals surface area contributed by atoms with E-state index >= 15 is 0 Å². The van der Waals surface area contributed by atoms with Gasteiger partial charge in [-0.3, -0.25) is 5.43 Å². The molecule has 1 aromatic rings. The number of carbonyl (C=O) groups is 1. The lowest BCUT2D eigenvalue weighted by molar-refractivity contribution is 0.0697. The fraction of sp³-hybridized carbons (Fsp3) is 0.188. The highest BCUT2D eigenvalue weighted by molar-refractivity contribution is 5.88. The molecule has 6 nitrogen and oxygen atoms in total. The van der Waals surface area contributed by atoms with Crippen LogP contribution >= 0.6 is 0 Å². The van der Waals surface area contributed by atoms with Crippen LogP contribution in [0.1, 0.15) is 29.3 Å². The van der Waals surface area contributed by atoms with E-state index in [4.69, 9.17) is 5.11 Å². The first-order valence-electron chi connectivity index (χ1n) is 7.22. The summed E-state index contributed by atoms with van der Waals surface area (Å²) in [6.07, 6.45) is 6.92. The van der Waals surface area contributed by atoms with Crippen LogP contribution in [-0.4, -0.2) is 22.6 Å². The van der Waals surface area contributed by atoms with Crippen molar-refractivity contribution in [1.82, 2.24) is 21.1 Å². The summed E-state index contributed by atoms with van der Waals surface area (Å²) in [6, 6.07) is 6.82. The number of nitrogens with one attached hydrogen (secondary N) is 3. The molecule has 6 heteroatoms. The number of carboxylic acid groups (broad SMARTS) is 1. The van der Waals surface area contributed by atoms with Gasteiger partial charge in [-0.2, -0.15) is 0 Å². The fourth-order valence-corrected chi connectivity index (χ4v) is 2.32. The highest BCUT2D eigenvalue weighted by atomic mass is 16.4. The Morgan fingerprint density at radius 1 is 1.27 bits per heavy atom. The Labute approximate surface area is 128 Å². The molecule has 3 rings (SSSR count). The average Bonchev–Trinajstić information content (AvgIpc) is 2.96. The van der Waals surface area contributed by atoms with E-state index in [1.54, 1.807) is 24.3 Å². The Kier molecular flexibility index (Phi) is 3.74. The average molecular weight is 298 g/mol. The molecule has 114 valence electrons. The lowest BCUT2D eigenvalue weighted by Crippen LogP contribution is -2.41. The molecule has 2 aliphatic rings. The second-order valence-corrected chi connectivity index (χ2v) is 5.06. The Bertz CT molecular complexity index is 674. The zero-order valence-corrected chi connectivity index (χ0v) is 12.3. The molecule has 0 bridgehead atoms. The molecule has 2 heterocycles. The normalized spacial score (nSPS) is 15.9. The number of hydrogen-bond acceptors (Lipinski definition) is 5. The van der Waals surface area contributed by atoms with Crippen molar-refractivity contribution < 1.29 is 9.90 Å². The molecule has 0 fully saturated rings. The van der Waals surface area contributed by atoms with Crippen molar-refractivity contribution in [3.8, 4) is 0 Å². The first kappa shape index (κ1) is 14.1. The van der Waals surface area contributed by atoms with E-state index in [9.17, 15) is 4.79 Å². The van der Waals surface area contributed by atoms with Crippen molar-refractivity contribution in [2.75, 3.05) is 6.54 Å². The predicted octanol–water partition coefficient (Wildman–Crippen LogP) is 1.79. The van der Waals surface area contributed by atoms with Crippen molar-refractivity contribution in [2.24, 2.45) is 0 Å². The van der Waals surface area contributed by atoms with Crippen LogP contribution in [0.25, 0.3) is 5.70 Å². The van der Waals surface area contributed by atoms with Crippen molar-refractivity contribution in [2.45, 2.75) is 13.3 Å². The second kappa shape index (κ2) is 5.85. The molecule has 0 spiro atoms. The zero-order chi connectivity index (χ0) is 15.5. The third-order valence-electron chi connectivity index (χ3n) is 3.47. The van der Waals surface area contributed by atoms with Gasteiger partial charge < -0.3 is 15.7 Å². The highest BCUT2D eigenvalue weighted by Crippen LogP contribution is 2.27. The van der Waals surface area contributed by atoms with E-state index in [1.165, 1.54) is 0 Å². The van der Waals surface area contributed by atoms with Gasteiger partial charge in [-0.05, 0) is 30.7 Å². The molecular formula is C16H18N4O2. The fourth-order valence-electron chi connectivity index (χ4n) is 2.32. The Morgan fingerprint density at radius 3 is 2.73 bits per heavy atom. The number of fused-ring (bicyclic) bond motifs is 1. The Morgan fingerprint density at radius 2 is 2.05 bits per heavy atom. The summed E-state index contributed by atoms with van der Waals surface area (Å²) < 4.78 is 0. The molecule has 0 saturated carbocycles. The van der Waals surface area contributed by atoms with Gasteiger partial charge >= 0.3 is 5.97 Å². The lowest BCUT2D eigenvalue weighted by atomic mass is 10.1. The molecule has 22 heavy (non-hydrogen) atoms. The summed E-state index contributed by atoms with van der Waals surface area (Å²) >= 11 is 0. The van der Waals surface area contributed by atoms with Gasteiger partial charge in [0, 0.05) is 18.3 Å². The minimum absolute atomic E-state index is 0.280. The minimum Gasteiger partial charge on any atom is -0.478 e. The van der Waals surface area contributed by atoms with Crippen LogP contribution in [0.3, 0.4) is 0 Å². The number of allylic oxidation sites excluding steroid dienone is 2. The maximum atomic E-state index is 10.9. The topological polar surface area (TPSA) is 76.6 Å². The van der Waals surface area contributed by atoms with Crippen LogP contribution in [0.4, 0.5) is 0 Å². The summed E-state index contributed by atoms with van der Waals surface area (Å²) in [5.74, 6) is 0.942. The maximum Gasteiger partial charge on any atom is 0.335 e. The number of hydrazine groups is 1. The smallest absolute Gasteiger partial charge is 0.335 e.